The monoisotopic (exact) mass is 752 g/mol. The second kappa shape index (κ2) is 15.4. The Morgan fingerprint density at radius 2 is 1.17 bits per heavy atom. The number of halogens is 2. The van der Waals surface area contributed by atoms with Crippen LogP contribution < -0.4 is 9.47 Å². The van der Waals surface area contributed by atoms with Crippen LogP contribution >= 0.6 is 39.0 Å². The van der Waals surface area contributed by atoms with Crippen molar-refractivity contribution >= 4 is 61.3 Å². The highest BCUT2D eigenvalue weighted by Gasteiger charge is 2.49. The number of aliphatic hydroxyl groups excluding tert-OH is 2. The normalized spacial score (nSPS) is 28.9. The van der Waals surface area contributed by atoms with Gasteiger partial charge in [0.2, 0.25) is 26.2 Å². The van der Waals surface area contributed by atoms with Crippen molar-refractivity contribution in [2.24, 2.45) is 0 Å². The molecular weight excluding hydrogens is 724 g/mol. The summed E-state index contributed by atoms with van der Waals surface area (Å²) in [6.07, 6.45) is -2.67. The molecule has 0 spiro atoms. The fraction of sp³-hybridized carbons (Fsp3) is 0.500. The van der Waals surface area contributed by atoms with E-state index < -0.39 is 76.9 Å². The highest BCUT2D eigenvalue weighted by Crippen LogP contribution is 2.43. The maximum Gasteiger partial charge on any atom is 0.245 e. The maximum atomic E-state index is 15.2. The number of thiol groups is 2. The van der Waals surface area contributed by atoms with Crippen molar-refractivity contribution in [1.82, 2.24) is 39.0 Å². The third-order valence-corrected chi connectivity index (χ3v) is 8.95. The van der Waals surface area contributed by atoms with Gasteiger partial charge in [0.25, 0.3) is 0 Å². The van der Waals surface area contributed by atoms with Crippen LogP contribution in [0.1, 0.15) is 12.5 Å². The van der Waals surface area contributed by atoms with Gasteiger partial charge in [-0.05, 0) is 12.2 Å². The Kier molecular flexibility index (Phi) is 11.3. The fourth-order valence-corrected chi connectivity index (χ4v) is 7.04. The van der Waals surface area contributed by atoms with Crippen molar-refractivity contribution in [2.75, 3.05) is 26.4 Å². The SMILES string of the molecule is O=[PH](S)O[C@@H]1C(CO)O[C@@H](n2cnc3c(OC/C=C/COc4ncnc5c4ncn5C4OC(CO)[C@@H](O[PH](=O)S)[C@H]4F)ncnc32)[C@@H]1F. The predicted molar refractivity (Wildman–Crippen MR) is 168 cm³/mol. The second-order valence-corrected chi connectivity index (χ2v) is 13.9. The van der Waals surface area contributed by atoms with Gasteiger partial charge in [0.05, 0.1) is 25.9 Å². The molecule has 10 atom stereocenters. The number of aliphatic hydroxyl groups is 2. The molecule has 2 fully saturated rings. The minimum absolute atomic E-state index is 0.0330. The average Bonchev–Trinajstić information content (AvgIpc) is 3.83. The molecule has 0 amide bonds. The van der Waals surface area contributed by atoms with Crippen LogP contribution in [0.5, 0.6) is 11.8 Å². The van der Waals surface area contributed by atoms with E-state index in [4.69, 9.17) is 28.0 Å². The van der Waals surface area contributed by atoms with Gasteiger partial charge in [-0.1, -0.05) is 24.5 Å². The first-order valence-electron chi connectivity index (χ1n) is 14.1. The molecule has 2 aliphatic heterocycles. The van der Waals surface area contributed by atoms with E-state index in [1.807, 2.05) is 0 Å². The van der Waals surface area contributed by atoms with E-state index in [-0.39, 0.29) is 47.3 Å². The summed E-state index contributed by atoms with van der Waals surface area (Å²) < 4.78 is 88.8. The van der Waals surface area contributed by atoms with Gasteiger partial charge in [-0.25, -0.2) is 28.7 Å². The van der Waals surface area contributed by atoms with Crippen molar-refractivity contribution in [2.45, 2.75) is 49.2 Å². The minimum Gasteiger partial charge on any atom is -0.472 e. The molecule has 48 heavy (non-hydrogen) atoms. The summed E-state index contributed by atoms with van der Waals surface area (Å²) in [5.74, 6) is 0.205. The number of hydrogen-bond donors (Lipinski definition) is 4. The standard InChI is InChI=1S/C24H28F2N8O10P2S2/c25-13-17(43-45(37)47)11(5-35)41-23(13)33-9-31-15-19(33)27-7-29-21(15)39-3-1-2-4-40-22-16-20(28-8-30-22)34(10-32-16)24-14(26)18(44-46(38)48)12(6-36)42-24/h1-2,7-14,17-18,23-24,35-36,45-46H,3-6H2,(H,37,47)(H,38,48)/b2-1+/t11?,12?,13-,14-,17-,18-,23-,24?/m1/s1. The van der Waals surface area contributed by atoms with Gasteiger partial charge >= 0.3 is 0 Å². The smallest absolute Gasteiger partial charge is 0.245 e. The van der Waals surface area contributed by atoms with Gasteiger partial charge in [-0.15, -0.1) is 0 Å². The molecule has 24 heteroatoms. The number of fused-ring (bicyclic) bond motifs is 2. The quantitative estimate of drug-likeness (QED) is 0.0821. The Labute approximate surface area is 280 Å². The molecule has 0 saturated carbocycles. The van der Waals surface area contributed by atoms with Crippen molar-refractivity contribution in [3.8, 4) is 11.8 Å². The summed E-state index contributed by atoms with van der Waals surface area (Å²) in [7, 11) is -5.61. The van der Waals surface area contributed by atoms with Crippen LogP contribution in [0.2, 0.25) is 0 Å². The number of ether oxygens (including phenoxy) is 4. The summed E-state index contributed by atoms with van der Waals surface area (Å²) in [6, 6.07) is 0. The first kappa shape index (κ1) is 35.1. The van der Waals surface area contributed by atoms with E-state index >= 15 is 8.78 Å². The van der Waals surface area contributed by atoms with E-state index in [0.29, 0.717) is 0 Å². The zero-order valence-corrected chi connectivity index (χ0v) is 28.1. The third-order valence-electron chi connectivity index (χ3n) is 7.37. The highest BCUT2D eigenvalue weighted by atomic mass is 32.7. The highest BCUT2D eigenvalue weighted by molar-refractivity contribution is 8.39. The minimum atomic E-state index is -2.81. The van der Waals surface area contributed by atoms with Gasteiger partial charge in [-0.2, -0.15) is 9.97 Å². The molecule has 2 saturated heterocycles. The lowest BCUT2D eigenvalue weighted by molar-refractivity contribution is -0.0427. The molecule has 2 aliphatic rings. The molecule has 0 aliphatic carbocycles. The first-order chi connectivity index (χ1) is 23.2. The van der Waals surface area contributed by atoms with Crippen molar-refractivity contribution in [3.05, 3.63) is 37.5 Å². The molecule has 0 bridgehead atoms. The molecule has 0 aromatic carbocycles. The summed E-state index contributed by atoms with van der Waals surface area (Å²) in [6.45, 7) is -1.07. The molecule has 4 aromatic rings. The summed E-state index contributed by atoms with van der Waals surface area (Å²) in [4.78, 5) is 25.0. The Bertz CT molecular complexity index is 1700. The van der Waals surface area contributed by atoms with Crippen LogP contribution in [0.25, 0.3) is 22.3 Å². The lowest BCUT2D eigenvalue weighted by atomic mass is 10.1. The van der Waals surface area contributed by atoms with Gasteiger partial charge in [-0.3, -0.25) is 18.3 Å². The zero-order chi connectivity index (χ0) is 33.9. The summed E-state index contributed by atoms with van der Waals surface area (Å²) >= 11 is 7.40. The number of nitrogens with zero attached hydrogens (tertiary/aromatic N) is 8. The second-order valence-electron chi connectivity index (χ2n) is 10.2. The molecule has 18 nitrogen and oxygen atoms in total. The number of aromatic nitrogens is 8. The van der Waals surface area contributed by atoms with Crippen LogP contribution in [0.15, 0.2) is 37.5 Å². The van der Waals surface area contributed by atoms with Gasteiger partial charge in [0, 0.05) is 0 Å². The van der Waals surface area contributed by atoms with Gasteiger partial charge in [0.1, 0.15) is 50.3 Å². The molecule has 6 rings (SSSR count). The molecule has 2 N–H and O–H groups in total. The zero-order valence-electron chi connectivity index (χ0n) is 24.3. The van der Waals surface area contributed by atoms with E-state index in [2.05, 4.69) is 54.4 Å². The van der Waals surface area contributed by atoms with Gasteiger partial charge in [0.15, 0.2) is 47.1 Å². The Balaban J connectivity index is 1.07. The molecule has 4 aromatic heterocycles. The molecule has 0 radical (unpaired) electrons. The first-order valence-corrected chi connectivity index (χ1v) is 19.3. The summed E-state index contributed by atoms with van der Waals surface area (Å²) in [5.41, 5.74) is 0.819. The summed E-state index contributed by atoms with van der Waals surface area (Å²) in [5, 5.41) is 19.2. The Morgan fingerprint density at radius 3 is 1.54 bits per heavy atom. The van der Waals surface area contributed by atoms with Crippen LogP contribution in [-0.2, 0) is 27.7 Å². The Hall–Kier alpha value is -2.78. The molecule has 5 unspecified atom stereocenters. The van der Waals surface area contributed by atoms with E-state index in [0.717, 1.165) is 0 Å². The average molecular weight is 753 g/mol. The Morgan fingerprint density at radius 1 is 0.750 bits per heavy atom. The van der Waals surface area contributed by atoms with Crippen LogP contribution in [0.3, 0.4) is 0 Å². The van der Waals surface area contributed by atoms with Crippen LogP contribution in [-0.4, -0.2) is 112 Å². The lowest BCUT2D eigenvalue weighted by Crippen LogP contribution is -2.31. The van der Waals surface area contributed by atoms with E-state index in [9.17, 15) is 19.3 Å². The number of rotatable bonds is 14. The van der Waals surface area contributed by atoms with E-state index in [1.54, 1.807) is 12.2 Å². The lowest BCUT2D eigenvalue weighted by Gasteiger charge is -2.16. The molecule has 6 heterocycles. The van der Waals surface area contributed by atoms with Crippen molar-refractivity contribution < 1.29 is 56.1 Å². The maximum absolute atomic E-state index is 15.2. The number of hydrogen-bond acceptors (Lipinski definition) is 16. The molecular formula is C24H28F2N8O10P2S2. The number of alkyl halides is 2. The van der Waals surface area contributed by atoms with Crippen molar-refractivity contribution in [3.63, 3.8) is 0 Å². The van der Waals surface area contributed by atoms with Crippen LogP contribution in [0.4, 0.5) is 8.78 Å². The topological polar surface area (TPSA) is 217 Å². The van der Waals surface area contributed by atoms with Gasteiger partial charge < -0.3 is 38.2 Å². The molecule has 260 valence electrons. The van der Waals surface area contributed by atoms with Crippen LogP contribution in [0, 0.1) is 0 Å². The largest absolute Gasteiger partial charge is 0.472 e. The predicted octanol–water partition coefficient (Wildman–Crippen LogP) is 1.84. The number of imidazole rings is 2. The van der Waals surface area contributed by atoms with E-state index in [1.165, 1.54) is 34.4 Å². The third kappa shape index (κ3) is 7.09. The fourth-order valence-electron chi connectivity index (χ4n) is 5.28. The van der Waals surface area contributed by atoms with Crippen molar-refractivity contribution in [1.29, 1.82) is 0 Å².